The van der Waals surface area contributed by atoms with Gasteiger partial charge in [0.25, 0.3) is 15.6 Å². The van der Waals surface area contributed by atoms with E-state index >= 15 is 0 Å². The number of nitro groups is 1. The van der Waals surface area contributed by atoms with Crippen molar-refractivity contribution in [3.8, 4) is 11.1 Å². The second-order valence-electron chi connectivity index (χ2n) is 7.07. The van der Waals surface area contributed by atoms with Crippen LogP contribution in [-0.2, 0) is 17.1 Å². The molecule has 0 unspecified atom stereocenters. The number of aryl methyl sites for hydroxylation is 2. The van der Waals surface area contributed by atoms with Crippen LogP contribution in [0.4, 0.5) is 10.1 Å². The molecular weight excluding hydrogens is 425 g/mol. The van der Waals surface area contributed by atoms with E-state index in [1.54, 1.807) is 12.1 Å². The molecule has 0 fully saturated rings. The Morgan fingerprint density at radius 3 is 2.35 bits per heavy atom. The summed E-state index contributed by atoms with van der Waals surface area (Å²) in [6.45, 7) is 1.83. The van der Waals surface area contributed by atoms with Crippen molar-refractivity contribution in [1.82, 2.24) is 8.54 Å². The van der Waals surface area contributed by atoms with Crippen LogP contribution in [0.1, 0.15) is 5.56 Å². The third-order valence-electron chi connectivity index (χ3n) is 5.02. The lowest BCUT2D eigenvalue weighted by Crippen LogP contribution is -2.22. The zero-order chi connectivity index (χ0) is 22.5. The number of hydrogen-bond donors (Lipinski definition) is 0. The first-order valence-electron chi connectivity index (χ1n) is 9.08. The molecule has 2 aromatic carbocycles. The Balaban J connectivity index is 1.98. The molecule has 0 bridgehead atoms. The summed E-state index contributed by atoms with van der Waals surface area (Å²) in [4.78, 5) is 22.9. The largest absolute Gasteiger partial charge is 0.316 e. The lowest BCUT2D eigenvalue weighted by Gasteiger charge is -2.11. The van der Waals surface area contributed by atoms with Gasteiger partial charge in [0.1, 0.15) is 5.52 Å². The summed E-state index contributed by atoms with van der Waals surface area (Å²) in [5.41, 5.74) is 0.193. The maximum Gasteiger partial charge on any atom is 0.304 e. The molecule has 0 saturated carbocycles. The van der Waals surface area contributed by atoms with Gasteiger partial charge in [0.15, 0.2) is 0 Å². The average molecular weight is 441 g/mol. The first kappa shape index (κ1) is 20.5. The number of nitrogens with zero attached hydrogens (tertiary/aromatic N) is 3. The number of aromatic nitrogens is 2. The predicted molar refractivity (Wildman–Crippen MR) is 113 cm³/mol. The first-order valence-corrected chi connectivity index (χ1v) is 10.5. The van der Waals surface area contributed by atoms with Crippen molar-refractivity contribution in [2.24, 2.45) is 7.05 Å². The van der Waals surface area contributed by atoms with Crippen molar-refractivity contribution < 1.29 is 17.7 Å². The van der Waals surface area contributed by atoms with E-state index in [9.17, 15) is 27.7 Å². The van der Waals surface area contributed by atoms with Gasteiger partial charge >= 0.3 is 5.69 Å². The van der Waals surface area contributed by atoms with Gasteiger partial charge in [0.05, 0.1) is 9.82 Å². The van der Waals surface area contributed by atoms with Crippen molar-refractivity contribution in [3.63, 3.8) is 0 Å². The molecule has 8 nitrogen and oxygen atoms in total. The Morgan fingerprint density at radius 2 is 1.74 bits per heavy atom. The van der Waals surface area contributed by atoms with Crippen LogP contribution in [0.2, 0.25) is 0 Å². The summed E-state index contributed by atoms with van der Waals surface area (Å²) in [5, 5.41) is 11.2. The normalized spacial score (nSPS) is 11.7. The van der Waals surface area contributed by atoms with Crippen LogP contribution in [0, 0.1) is 22.9 Å². The van der Waals surface area contributed by atoms with Gasteiger partial charge in [-0.3, -0.25) is 14.9 Å². The van der Waals surface area contributed by atoms with Crippen molar-refractivity contribution in [1.29, 1.82) is 0 Å². The van der Waals surface area contributed by atoms with E-state index in [4.69, 9.17) is 0 Å². The fourth-order valence-corrected chi connectivity index (χ4v) is 4.75. The Morgan fingerprint density at radius 1 is 1.06 bits per heavy atom. The molecule has 31 heavy (non-hydrogen) atoms. The quantitative estimate of drug-likeness (QED) is 0.356. The van der Waals surface area contributed by atoms with Crippen LogP contribution in [0.3, 0.4) is 0 Å². The van der Waals surface area contributed by atoms with Crippen molar-refractivity contribution >= 4 is 26.6 Å². The average Bonchev–Trinajstić information content (AvgIpc) is 3.17. The van der Waals surface area contributed by atoms with Crippen LogP contribution >= 0.6 is 0 Å². The van der Waals surface area contributed by atoms with Gasteiger partial charge in [-0.2, -0.15) is 4.39 Å². The number of rotatable bonds is 4. The maximum absolute atomic E-state index is 14.2. The lowest BCUT2D eigenvalue weighted by atomic mass is 10.0. The van der Waals surface area contributed by atoms with Crippen LogP contribution in [-0.4, -0.2) is 21.9 Å². The van der Waals surface area contributed by atoms with Crippen molar-refractivity contribution in [2.75, 3.05) is 0 Å². The molecule has 0 spiro atoms. The zero-order valence-electron chi connectivity index (χ0n) is 16.4. The SMILES string of the molecule is Cc1ccc(S(=O)(=O)n2ccc3c(-c4ccc([N+](=O)[O-])c(F)c4)cn(C)c(=O)c32)cc1. The van der Waals surface area contributed by atoms with Crippen LogP contribution in [0.5, 0.6) is 0 Å². The number of benzene rings is 2. The molecule has 0 aliphatic carbocycles. The Kier molecular flexibility index (Phi) is 4.74. The Hall–Kier alpha value is -3.79. The van der Waals surface area contributed by atoms with E-state index in [1.807, 2.05) is 6.92 Å². The highest BCUT2D eigenvalue weighted by atomic mass is 32.2. The highest BCUT2D eigenvalue weighted by Gasteiger charge is 2.23. The smallest absolute Gasteiger partial charge is 0.304 e. The minimum absolute atomic E-state index is 0.0180. The number of hydrogen-bond acceptors (Lipinski definition) is 5. The lowest BCUT2D eigenvalue weighted by molar-refractivity contribution is -0.387. The maximum atomic E-state index is 14.2. The molecule has 4 aromatic rings. The molecule has 0 aliphatic heterocycles. The van der Waals surface area contributed by atoms with Gasteiger partial charge in [-0.05, 0) is 42.8 Å². The van der Waals surface area contributed by atoms with Crippen molar-refractivity contribution in [3.05, 3.63) is 92.8 Å². The summed E-state index contributed by atoms with van der Waals surface area (Å²) in [6, 6.07) is 11.0. The van der Waals surface area contributed by atoms with E-state index in [0.717, 1.165) is 21.7 Å². The summed E-state index contributed by atoms with van der Waals surface area (Å²) >= 11 is 0. The molecule has 0 aliphatic rings. The van der Waals surface area contributed by atoms with Crippen molar-refractivity contribution in [2.45, 2.75) is 11.8 Å². The van der Waals surface area contributed by atoms with E-state index in [1.165, 1.54) is 48.3 Å². The summed E-state index contributed by atoms with van der Waals surface area (Å²) < 4.78 is 42.7. The summed E-state index contributed by atoms with van der Waals surface area (Å²) in [7, 11) is -2.62. The molecule has 158 valence electrons. The molecule has 10 heteroatoms. The highest BCUT2D eigenvalue weighted by molar-refractivity contribution is 7.90. The van der Waals surface area contributed by atoms with Crippen LogP contribution in [0.25, 0.3) is 22.0 Å². The molecule has 2 aromatic heterocycles. The highest BCUT2D eigenvalue weighted by Crippen LogP contribution is 2.31. The predicted octanol–water partition coefficient (Wildman–Crippen LogP) is 3.60. The summed E-state index contributed by atoms with van der Waals surface area (Å²) in [6.07, 6.45) is 2.71. The van der Waals surface area contributed by atoms with Crippen LogP contribution in [0.15, 0.2) is 70.6 Å². The zero-order valence-corrected chi connectivity index (χ0v) is 17.3. The second-order valence-corrected chi connectivity index (χ2v) is 8.89. The number of fused-ring (bicyclic) bond motifs is 1. The minimum Gasteiger partial charge on any atom is -0.316 e. The fourth-order valence-electron chi connectivity index (χ4n) is 3.41. The van der Waals surface area contributed by atoms with Gasteiger partial charge in [-0.25, -0.2) is 12.4 Å². The molecule has 0 atom stereocenters. The van der Waals surface area contributed by atoms with Gasteiger partial charge in [0, 0.05) is 36.5 Å². The minimum atomic E-state index is -4.06. The van der Waals surface area contributed by atoms with Gasteiger partial charge in [-0.1, -0.05) is 17.7 Å². The summed E-state index contributed by atoms with van der Waals surface area (Å²) in [5.74, 6) is -1.03. The number of halogens is 1. The van der Waals surface area contributed by atoms with Crippen LogP contribution < -0.4 is 5.56 Å². The Bertz CT molecular complexity index is 1520. The monoisotopic (exact) mass is 441 g/mol. The molecular formula is C21H16FN3O5S. The Labute approximate surface area is 176 Å². The molecule has 0 N–H and O–H groups in total. The van der Waals surface area contributed by atoms with E-state index in [0.29, 0.717) is 5.56 Å². The van der Waals surface area contributed by atoms with Gasteiger partial charge in [0.2, 0.25) is 5.82 Å². The molecule has 2 heterocycles. The molecule has 0 saturated heterocycles. The molecule has 0 radical (unpaired) electrons. The number of nitro benzene ring substituents is 1. The third-order valence-corrected chi connectivity index (χ3v) is 6.71. The van der Waals surface area contributed by atoms with E-state index in [2.05, 4.69) is 0 Å². The van der Waals surface area contributed by atoms with Gasteiger partial charge < -0.3 is 4.57 Å². The topological polar surface area (TPSA) is 104 Å². The molecule has 0 amide bonds. The first-order chi connectivity index (χ1) is 14.6. The second kappa shape index (κ2) is 7.17. The van der Waals surface area contributed by atoms with E-state index < -0.39 is 32.0 Å². The number of pyridine rings is 1. The van der Waals surface area contributed by atoms with Gasteiger partial charge in [-0.15, -0.1) is 0 Å². The standard InChI is InChI=1S/C21H16FN3O5S/c1-13-3-6-15(7-4-13)31(29,30)24-10-9-16-17(12-23(2)21(26)20(16)24)14-5-8-19(25(27)28)18(22)11-14/h3-12H,1-2H3. The molecule has 4 rings (SSSR count). The van der Waals surface area contributed by atoms with E-state index in [-0.39, 0.29) is 21.4 Å². The third kappa shape index (κ3) is 3.30. The fraction of sp³-hybridized carbons (Fsp3) is 0.0952.